The summed E-state index contributed by atoms with van der Waals surface area (Å²) in [4.78, 5) is 29.2. The first-order chi connectivity index (χ1) is 14.5. The number of nitrogens with zero attached hydrogens (tertiary/aromatic N) is 2. The quantitative estimate of drug-likeness (QED) is 0.751. The number of carbonyl (C=O) groups excluding carboxylic acids is 2. The highest BCUT2D eigenvalue weighted by atomic mass is 16.2. The summed E-state index contributed by atoms with van der Waals surface area (Å²) >= 11 is 0. The van der Waals surface area contributed by atoms with E-state index >= 15 is 0 Å². The van der Waals surface area contributed by atoms with Gasteiger partial charge in [-0.25, -0.2) is 0 Å². The Morgan fingerprint density at radius 3 is 2.17 bits per heavy atom. The lowest BCUT2D eigenvalue weighted by Crippen LogP contribution is -2.52. The molecule has 0 aromatic heterocycles. The third kappa shape index (κ3) is 6.81. The van der Waals surface area contributed by atoms with Crippen molar-refractivity contribution in [3.63, 3.8) is 0 Å². The second-order valence-corrected chi connectivity index (χ2v) is 8.89. The summed E-state index contributed by atoms with van der Waals surface area (Å²) in [6.45, 7) is 7.72. The number of carbonyl (C=O) groups is 2. The minimum absolute atomic E-state index is 0.0122. The molecule has 0 spiro atoms. The highest BCUT2D eigenvalue weighted by Gasteiger charge is 2.23. The Balaban J connectivity index is 1.37. The maximum Gasteiger partial charge on any atom is 0.238 e. The number of para-hydroxylation sites is 1. The van der Waals surface area contributed by atoms with Crippen molar-refractivity contribution in [2.75, 3.05) is 44.6 Å². The molecule has 1 aromatic rings. The van der Waals surface area contributed by atoms with Crippen LogP contribution in [0, 0.1) is 13.8 Å². The van der Waals surface area contributed by atoms with Gasteiger partial charge in [0.15, 0.2) is 0 Å². The molecule has 1 saturated heterocycles. The van der Waals surface area contributed by atoms with Gasteiger partial charge < -0.3 is 15.5 Å². The highest BCUT2D eigenvalue weighted by molar-refractivity contribution is 5.93. The van der Waals surface area contributed by atoms with E-state index < -0.39 is 0 Å². The second kappa shape index (κ2) is 11.5. The third-order valence-electron chi connectivity index (χ3n) is 6.48. The molecule has 0 bridgehead atoms. The standard InChI is InChI=1S/C24H38N4O2/c1-19-9-8-10-20(2)24(19)26-22(29)18-27-13-15-28(16-14-27)23(30)17-25-21-11-6-4-3-5-7-12-21/h8-10,21,25H,3-7,11-18H2,1-2H3,(H,26,29). The van der Waals surface area contributed by atoms with Crippen molar-refractivity contribution in [2.45, 2.75) is 64.8 Å². The maximum absolute atomic E-state index is 12.6. The van der Waals surface area contributed by atoms with E-state index in [0.29, 0.717) is 32.2 Å². The van der Waals surface area contributed by atoms with Gasteiger partial charge in [-0.15, -0.1) is 0 Å². The van der Waals surface area contributed by atoms with Crippen LogP contribution in [0.2, 0.25) is 0 Å². The molecular weight excluding hydrogens is 376 g/mol. The molecule has 2 aliphatic rings. The molecule has 2 amide bonds. The van der Waals surface area contributed by atoms with E-state index in [-0.39, 0.29) is 11.8 Å². The average molecular weight is 415 g/mol. The van der Waals surface area contributed by atoms with Crippen molar-refractivity contribution in [1.82, 2.24) is 15.1 Å². The molecule has 0 radical (unpaired) electrons. The molecule has 2 N–H and O–H groups in total. The molecule has 1 aromatic carbocycles. The summed E-state index contributed by atoms with van der Waals surface area (Å²) in [6, 6.07) is 6.52. The lowest BCUT2D eigenvalue weighted by Gasteiger charge is -2.34. The molecule has 1 aliphatic heterocycles. The second-order valence-electron chi connectivity index (χ2n) is 8.89. The molecule has 6 nitrogen and oxygen atoms in total. The molecule has 0 unspecified atom stereocenters. The monoisotopic (exact) mass is 414 g/mol. The van der Waals surface area contributed by atoms with Gasteiger partial charge in [0.2, 0.25) is 11.8 Å². The molecule has 3 rings (SSSR count). The summed E-state index contributed by atoms with van der Waals surface area (Å²) in [5, 5.41) is 6.55. The van der Waals surface area contributed by atoms with Gasteiger partial charge in [-0.05, 0) is 37.8 Å². The van der Waals surface area contributed by atoms with E-state index in [0.717, 1.165) is 29.9 Å². The summed E-state index contributed by atoms with van der Waals surface area (Å²) in [5.41, 5.74) is 3.07. The summed E-state index contributed by atoms with van der Waals surface area (Å²) < 4.78 is 0. The van der Waals surface area contributed by atoms with Crippen molar-refractivity contribution >= 4 is 17.5 Å². The summed E-state index contributed by atoms with van der Waals surface area (Å²) in [7, 11) is 0. The average Bonchev–Trinajstić information content (AvgIpc) is 2.70. The van der Waals surface area contributed by atoms with Crippen LogP contribution in [-0.4, -0.2) is 66.9 Å². The van der Waals surface area contributed by atoms with E-state index in [1.165, 1.54) is 44.9 Å². The normalized spacial score (nSPS) is 19.2. The largest absolute Gasteiger partial charge is 0.339 e. The lowest BCUT2D eigenvalue weighted by molar-refractivity contribution is -0.132. The van der Waals surface area contributed by atoms with Crippen LogP contribution >= 0.6 is 0 Å². The number of amides is 2. The first-order valence-corrected chi connectivity index (χ1v) is 11.6. The Bertz CT molecular complexity index is 685. The van der Waals surface area contributed by atoms with E-state index in [2.05, 4.69) is 15.5 Å². The zero-order chi connectivity index (χ0) is 21.3. The number of rotatable bonds is 6. The smallest absolute Gasteiger partial charge is 0.238 e. The molecule has 30 heavy (non-hydrogen) atoms. The molecule has 0 atom stereocenters. The number of nitrogens with one attached hydrogen (secondary N) is 2. The SMILES string of the molecule is Cc1cccc(C)c1NC(=O)CN1CCN(C(=O)CNC2CCCCCCC2)CC1. The predicted molar refractivity (Wildman–Crippen MR) is 122 cm³/mol. The van der Waals surface area contributed by atoms with Gasteiger partial charge in [0.05, 0.1) is 13.1 Å². The number of anilines is 1. The lowest BCUT2D eigenvalue weighted by atomic mass is 9.97. The fourth-order valence-corrected chi connectivity index (χ4v) is 4.55. The van der Waals surface area contributed by atoms with Gasteiger partial charge in [0.25, 0.3) is 0 Å². The van der Waals surface area contributed by atoms with E-state index in [1.807, 2.05) is 36.9 Å². The van der Waals surface area contributed by atoms with Gasteiger partial charge in [-0.1, -0.05) is 50.3 Å². The minimum Gasteiger partial charge on any atom is -0.339 e. The number of aryl methyl sites for hydroxylation is 2. The van der Waals surface area contributed by atoms with Crippen LogP contribution in [0.4, 0.5) is 5.69 Å². The first kappa shape index (κ1) is 22.8. The van der Waals surface area contributed by atoms with Crippen molar-refractivity contribution in [3.05, 3.63) is 29.3 Å². The van der Waals surface area contributed by atoms with E-state index in [9.17, 15) is 9.59 Å². The highest BCUT2D eigenvalue weighted by Crippen LogP contribution is 2.19. The Hall–Kier alpha value is -1.92. The third-order valence-corrected chi connectivity index (χ3v) is 6.48. The first-order valence-electron chi connectivity index (χ1n) is 11.6. The molecule has 2 fully saturated rings. The molecule has 6 heteroatoms. The van der Waals surface area contributed by atoms with Crippen LogP contribution in [0.25, 0.3) is 0 Å². The van der Waals surface area contributed by atoms with Gasteiger partial charge in [0.1, 0.15) is 0 Å². The Morgan fingerprint density at radius 1 is 0.933 bits per heavy atom. The van der Waals surface area contributed by atoms with Crippen LogP contribution in [0.15, 0.2) is 18.2 Å². The molecule has 1 aliphatic carbocycles. The van der Waals surface area contributed by atoms with Crippen LogP contribution in [-0.2, 0) is 9.59 Å². The van der Waals surface area contributed by atoms with E-state index in [4.69, 9.17) is 0 Å². The van der Waals surface area contributed by atoms with Gasteiger partial charge >= 0.3 is 0 Å². The van der Waals surface area contributed by atoms with Gasteiger partial charge in [0, 0.05) is 37.9 Å². The maximum atomic E-state index is 12.6. The molecule has 1 saturated carbocycles. The topological polar surface area (TPSA) is 64.7 Å². The zero-order valence-electron chi connectivity index (χ0n) is 18.7. The van der Waals surface area contributed by atoms with Gasteiger partial charge in [-0.3, -0.25) is 14.5 Å². The van der Waals surface area contributed by atoms with Crippen molar-refractivity contribution in [2.24, 2.45) is 0 Å². The molecular formula is C24H38N4O2. The van der Waals surface area contributed by atoms with Crippen molar-refractivity contribution < 1.29 is 9.59 Å². The van der Waals surface area contributed by atoms with Crippen LogP contribution in [0.5, 0.6) is 0 Å². The summed E-state index contributed by atoms with van der Waals surface area (Å²) in [5.74, 6) is 0.204. The Morgan fingerprint density at radius 2 is 1.53 bits per heavy atom. The van der Waals surface area contributed by atoms with Crippen LogP contribution in [0.1, 0.15) is 56.1 Å². The molecule has 1 heterocycles. The predicted octanol–water partition coefficient (Wildman–Crippen LogP) is 3.09. The van der Waals surface area contributed by atoms with Gasteiger partial charge in [-0.2, -0.15) is 0 Å². The van der Waals surface area contributed by atoms with Crippen molar-refractivity contribution in [3.8, 4) is 0 Å². The van der Waals surface area contributed by atoms with Crippen LogP contribution < -0.4 is 10.6 Å². The van der Waals surface area contributed by atoms with E-state index in [1.54, 1.807) is 0 Å². The minimum atomic E-state index is 0.0122. The van der Waals surface area contributed by atoms with Crippen molar-refractivity contribution in [1.29, 1.82) is 0 Å². The number of piperazine rings is 1. The number of hydrogen-bond acceptors (Lipinski definition) is 4. The number of benzene rings is 1. The Labute approximate surface area is 181 Å². The fourth-order valence-electron chi connectivity index (χ4n) is 4.55. The fraction of sp³-hybridized carbons (Fsp3) is 0.667. The number of hydrogen-bond donors (Lipinski definition) is 2. The molecule has 166 valence electrons. The zero-order valence-corrected chi connectivity index (χ0v) is 18.7. The summed E-state index contributed by atoms with van der Waals surface area (Å²) in [6.07, 6.45) is 8.94. The van der Waals surface area contributed by atoms with Crippen LogP contribution in [0.3, 0.4) is 0 Å². The Kier molecular flexibility index (Phi) is 8.70.